The number of fused-ring (bicyclic) bond motifs is 1. The maximum absolute atomic E-state index is 13.8. The van der Waals surface area contributed by atoms with Gasteiger partial charge in [-0.3, -0.25) is 4.90 Å². The van der Waals surface area contributed by atoms with E-state index in [-0.39, 0.29) is 5.82 Å². The van der Waals surface area contributed by atoms with Gasteiger partial charge >= 0.3 is 0 Å². The Morgan fingerprint density at radius 1 is 1.14 bits per heavy atom. The van der Waals surface area contributed by atoms with Crippen LogP contribution in [0.4, 0.5) is 16.0 Å². The summed E-state index contributed by atoms with van der Waals surface area (Å²) in [6.07, 6.45) is 2.62. The Morgan fingerprint density at radius 3 is 2.79 bits per heavy atom. The number of nitrogens with one attached hydrogen (secondary N) is 1. The Morgan fingerprint density at radius 2 is 2.00 bits per heavy atom. The van der Waals surface area contributed by atoms with Crippen LogP contribution in [0.1, 0.15) is 16.8 Å². The van der Waals surface area contributed by atoms with Crippen molar-refractivity contribution in [3.8, 4) is 11.5 Å². The van der Waals surface area contributed by atoms with Gasteiger partial charge in [0.25, 0.3) is 0 Å². The normalized spacial score (nSPS) is 13.6. The topological polar surface area (TPSA) is 59.5 Å². The van der Waals surface area contributed by atoms with Crippen LogP contribution in [0.25, 0.3) is 0 Å². The summed E-state index contributed by atoms with van der Waals surface area (Å²) in [5, 5.41) is 2.96. The highest BCUT2D eigenvalue weighted by Gasteiger charge is 2.20. The standard InChI is InChI=1S/C22H23FN4O2/c1-28-17-7-8-21(29-2)15(11-17)13-27-10-9-19-16(14-27)12-24-22(25-19)26-20-6-4-3-5-18(20)23/h3-8,11-12H,9-10,13-14H2,1-2H3,(H,24,25,26). The number of rotatable bonds is 6. The molecule has 3 aromatic rings. The molecule has 1 N–H and O–H groups in total. The molecule has 0 bridgehead atoms. The fourth-order valence-corrected chi connectivity index (χ4v) is 3.50. The van der Waals surface area contributed by atoms with E-state index in [1.165, 1.54) is 6.07 Å². The molecule has 0 saturated heterocycles. The molecule has 1 aromatic heterocycles. The fourth-order valence-electron chi connectivity index (χ4n) is 3.50. The summed E-state index contributed by atoms with van der Waals surface area (Å²) >= 11 is 0. The van der Waals surface area contributed by atoms with Crippen molar-refractivity contribution in [2.24, 2.45) is 0 Å². The zero-order valence-electron chi connectivity index (χ0n) is 16.5. The highest BCUT2D eigenvalue weighted by atomic mass is 19.1. The molecule has 2 aromatic carbocycles. The van der Waals surface area contributed by atoms with Crippen LogP contribution >= 0.6 is 0 Å². The van der Waals surface area contributed by atoms with Gasteiger partial charge in [0.15, 0.2) is 0 Å². The molecule has 0 aliphatic carbocycles. The van der Waals surface area contributed by atoms with Gasteiger partial charge < -0.3 is 14.8 Å². The van der Waals surface area contributed by atoms with E-state index in [1.807, 2.05) is 24.4 Å². The largest absolute Gasteiger partial charge is 0.497 e. The number of benzene rings is 2. The van der Waals surface area contributed by atoms with Crippen molar-refractivity contribution in [1.29, 1.82) is 0 Å². The highest BCUT2D eigenvalue weighted by molar-refractivity contribution is 5.54. The third kappa shape index (κ3) is 4.30. The first-order chi connectivity index (χ1) is 14.2. The average Bonchev–Trinajstić information content (AvgIpc) is 2.75. The first-order valence-corrected chi connectivity index (χ1v) is 9.46. The van der Waals surface area contributed by atoms with Gasteiger partial charge in [0, 0.05) is 43.4 Å². The summed E-state index contributed by atoms with van der Waals surface area (Å²) in [5.74, 6) is 1.74. The first-order valence-electron chi connectivity index (χ1n) is 9.46. The number of anilines is 2. The third-order valence-corrected chi connectivity index (χ3v) is 5.01. The van der Waals surface area contributed by atoms with E-state index in [0.29, 0.717) is 11.6 Å². The van der Waals surface area contributed by atoms with Gasteiger partial charge in [0.1, 0.15) is 17.3 Å². The van der Waals surface area contributed by atoms with Crippen molar-refractivity contribution < 1.29 is 13.9 Å². The summed E-state index contributed by atoms with van der Waals surface area (Å²) in [7, 11) is 3.34. The minimum atomic E-state index is -0.327. The van der Waals surface area contributed by atoms with Crippen molar-refractivity contribution in [2.75, 3.05) is 26.1 Å². The molecule has 1 aliphatic rings. The quantitative estimate of drug-likeness (QED) is 0.684. The Kier molecular flexibility index (Phi) is 5.57. The molecule has 7 heteroatoms. The van der Waals surface area contributed by atoms with Gasteiger partial charge in [-0.25, -0.2) is 14.4 Å². The zero-order valence-corrected chi connectivity index (χ0v) is 16.5. The van der Waals surface area contributed by atoms with Gasteiger partial charge in [-0.2, -0.15) is 0 Å². The predicted octanol–water partition coefficient (Wildman–Crippen LogP) is 3.93. The molecule has 150 valence electrons. The van der Waals surface area contributed by atoms with Gasteiger partial charge in [-0.15, -0.1) is 0 Å². The van der Waals surface area contributed by atoms with E-state index in [9.17, 15) is 4.39 Å². The summed E-state index contributed by atoms with van der Waals surface area (Å²) < 4.78 is 24.7. The Balaban J connectivity index is 1.48. The molecule has 0 saturated carbocycles. The van der Waals surface area contributed by atoms with Crippen molar-refractivity contribution in [3.63, 3.8) is 0 Å². The molecule has 0 radical (unpaired) electrons. The lowest BCUT2D eigenvalue weighted by molar-refractivity contribution is 0.239. The third-order valence-electron chi connectivity index (χ3n) is 5.01. The van der Waals surface area contributed by atoms with E-state index in [4.69, 9.17) is 9.47 Å². The molecular formula is C22H23FN4O2. The molecule has 4 rings (SSSR count). The van der Waals surface area contributed by atoms with Crippen LogP contribution in [0.5, 0.6) is 11.5 Å². The molecule has 2 heterocycles. The van der Waals surface area contributed by atoms with Gasteiger partial charge in [-0.1, -0.05) is 12.1 Å². The number of para-hydroxylation sites is 1. The maximum atomic E-state index is 13.8. The minimum Gasteiger partial charge on any atom is -0.497 e. The number of hydrogen-bond donors (Lipinski definition) is 1. The van der Waals surface area contributed by atoms with Crippen LogP contribution in [-0.4, -0.2) is 35.6 Å². The number of halogens is 1. The predicted molar refractivity (Wildman–Crippen MR) is 109 cm³/mol. The summed E-state index contributed by atoms with van der Waals surface area (Å²) in [6, 6.07) is 12.3. The second-order valence-electron chi connectivity index (χ2n) is 6.91. The first kappa shape index (κ1) is 19.1. The summed E-state index contributed by atoms with van der Waals surface area (Å²) in [5.41, 5.74) is 3.52. The minimum absolute atomic E-state index is 0.327. The highest BCUT2D eigenvalue weighted by Crippen LogP contribution is 2.28. The molecule has 1 aliphatic heterocycles. The summed E-state index contributed by atoms with van der Waals surface area (Å²) in [4.78, 5) is 11.3. The SMILES string of the molecule is COc1ccc(OC)c(CN2CCc3nc(Nc4ccccc4F)ncc3C2)c1. The maximum Gasteiger partial charge on any atom is 0.227 e. The van der Waals surface area contributed by atoms with E-state index in [0.717, 1.165) is 54.4 Å². The van der Waals surface area contributed by atoms with E-state index < -0.39 is 0 Å². The average molecular weight is 394 g/mol. The smallest absolute Gasteiger partial charge is 0.227 e. The van der Waals surface area contributed by atoms with E-state index in [1.54, 1.807) is 32.4 Å². The molecule has 0 spiro atoms. The van der Waals surface area contributed by atoms with Crippen molar-refractivity contribution in [3.05, 3.63) is 71.3 Å². The Bertz CT molecular complexity index is 1010. The van der Waals surface area contributed by atoms with Crippen LogP contribution in [-0.2, 0) is 19.5 Å². The number of hydrogen-bond acceptors (Lipinski definition) is 6. The molecule has 29 heavy (non-hydrogen) atoms. The summed E-state index contributed by atoms with van der Waals surface area (Å²) in [6.45, 7) is 2.36. The van der Waals surface area contributed by atoms with Crippen molar-refractivity contribution in [1.82, 2.24) is 14.9 Å². The van der Waals surface area contributed by atoms with Crippen LogP contribution < -0.4 is 14.8 Å². The molecule has 0 atom stereocenters. The Hall–Kier alpha value is -3.19. The number of aromatic nitrogens is 2. The van der Waals surface area contributed by atoms with Crippen LogP contribution in [0.15, 0.2) is 48.7 Å². The number of ether oxygens (including phenoxy) is 2. The number of methoxy groups -OCH3 is 2. The molecule has 0 unspecified atom stereocenters. The van der Waals surface area contributed by atoms with Gasteiger partial charge in [0.2, 0.25) is 5.95 Å². The lowest BCUT2D eigenvalue weighted by Crippen LogP contribution is -2.31. The van der Waals surface area contributed by atoms with Crippen LogP contribution in [0.3, 0.4) is 0 Å². The van der Waals surface area contributed by atoms with Crippen molar-refractivity contribution in [2.45, 2.75) is 19.5 Å². The lowest BCUT2D eigenvalue weighted by Gasteiger charge is -2.28. The van der Waals surface area contributed by atoms with Crippen molar-refractivity contribution >= 4 is 11.6 Å². The fraction of sp³-hybridized carbons (Fsp3) is 0.273. The van der Waals surface area contributed by atoms with Crippen LogP contribution in [0, 0.1) is 5.82 Å². The van der Waals surface area contributed by atoms with E-state index >= 15 is 0 Å². The van der Waals surface area contributed by atoms with E-state index in [2.05, 4.69) is 20.2 Å². The second kappa shape index (κ2) is 8.45. The zero-order chi connectivity index (χ0) is 20.2. The van der Waals surface area contributed by atoms with Gasteiger partial charge in [0.05, 0.1) is 25.6 Å². The lowest BCUT2D eigenvalue weighted by atomic mass is 10.1. The van der Waals surface area contributed by atoms with Crippen LogP contribution in [0.2, 0.25) is 0 Å². The second-order valence-corrected chi connectivity index (χ2v) is 6.91. The molecule has 0 fully saturated rings. The molecular weight excluding hydrogens is 371 g/mol. The monoisotopic (exact) mass is 394 g/mol. The molecule has 6 nitrogen and oxygen atoms in total. The Labute approximate surface area is 169 Å². The molecule has 0 amide bonds. The number of nitrogens with zero attached hydrogens (tertiary/aromatic N) is 3. The van der Waals surface area contributed by atoms with Gasteiger partial charge in [-0.05, 0) is 30.3 Å².